The molecule has 1 heterocycles. The Morgan fingerprint density at radius 1 is 1.32 bits per heavy atom. The number of rotatable bonds is 3. The predicted octanol–water partition coefficient (Wildman–Crippen LogP) is 3.98. The second-order valence-corrected chi connectivity index (χ2v) is 7.52. The molecule has 1 aromatic carbocycles. The highest BCUT2D eigenvalue weighted by molar-refractivity contribution is 9.10. The number of benzene rings is 1. The molecule has 1 aliphatic rings. The Bertz CT molecular complexity index is 743. The summed E-state index contributed by atoms with van der Waals surface area (Å²) >= 11 is 3.16. The molecule has 2 amide bonds. The summed E-state index contributed by atoms with van der Waals surface area (Å²) < 4.78 is 40.9. The molecule has 1 aromatic rings. The van der Waals surface area contributed by atoms with E-state index in [0.717, 1.165) is 0 Å². The molecule has 5 nitrogen and oxygen atoms in total. The number of fused-ring (bicyclic) bond motifs is 1. The number of carbonyl (C=O) groups is 3. The van der Waals surface area contributed by atoms with Crippen LogP contribution in [0.4, 0.5) is 23.7 Å². The molecular weight excluding hydrogens is 407 g/mol. The number of alkyl halides is 4. The first-order valence-electron chi connectivity index (χ1n) is 7.27. The largest absolute Gasteiger partial charge is 0.439 e. The Hall–Kier alpha value is -1.90. The van der Waals surface area contributed by atoms with E-state index in [4.69, 9.17) is 0 Å². The summed E-state index contributed by atoms with van der Waals surface area (Å²) in [5.41, 5.74) is -0.366. The van der Waals surface area contributed by atoms with Crippen molar-refractivity contribution in [3.05, 3.63) is 29.3 Å². The third-order valence-electron chi connectivity index (χ3n) is 3.84. The van der Waals surface area contributed by atoms with Gasteiger partial charge in [0.05, 0.1) is 15.9 Å². The number of nitrogens with zero attached hydrogens (tertiary/aromatic N) is 1. The lowest BCUT2D eigenvalue weighted by Crippen LogP contribution is -2.41. The van der Waals surface area contributed by atoms with Crippen molar-refractivity contribution < 1.29 is 32.3 Å². The Morgan fingerprint density at radius 2 is 1.92 bits per heavy atom. The maximum absolute atomic E-state index is 12.5. The summed E-state index contributed by atoms with van der Waals surface area (Å²) in [6, 6.07) is 4.25. The minimum atomic E-state index is -4.70. The Morgan fingerprint density at radius 3 is 2.44 bits per heavy atom. The topological polar surface area (TPSA) is 63.7 Å². The van der Waals surface area contributed by atoms with E-state index in [9.17, 15) is 27.6 Å². The number of carbonyl (C=O) groups excluding carboxylic acids is 3. The van der Waals surface area contributed by atoms with Crippen LogP contribution >= 0.6 is 15.9 Å². The smallest absolute Gasteiger partial charge is 0.422 e. The van der Waals surface area contributed by atoms with E-state index in [0.29, 0.717) is 16.0 Å². The number of hydrogen-bond donors (Lipinski definition) is 0. The third-order valence-corrected chi connectivity index (χ3v) is 4.25. The van der Waals surface area contributed by atoms with Crippen LogP contribution in [0, 0.1) is 0 Å². The van der Waals surface area contributed by atoms with Crippen LogP contribution in [-0.2, 0) is 14.9 Å². The lowest BCUT2D eigenvalue weighted by molar-refractivity contribution is -0.160. The first-order chi connectivity index (χ1) is 11.4. The summed E-state index contributed by atoms with van der Waals surface area (Å²) in [5, 5.41) is 0. The van der Waals surface area contributed by atoms with Gasteiger partial charge in [-0.1, -0.05) is 15.9 Å². The fraction of sp³-hybridized carbons (Fsp3) is 0.438. The summed E-state index contributed by atoms with van der Waals surface area (Å²) in [4.78, 5) is 36.7. The molecule has 1 aliphatic heterocycles. The van der Waals surface area contributed by atoms with Crippen LogP contribution in [0.5, 0.6) is 0 Å². The summed E-state index contributed by atoms with van der Waals surface area (Å²) in [6.07, 6.45) is -6.10. The van der Waals surface area contributed by atoms with Crippen molar-refractivity contribution in [2.45, 2.75) is 37.2 Å². The summed E-state index contributed by atoms with van der Waals surface area (Å²) in [6.45, 7) is 2.91. The normalized spacial score (nSPS) is 17.2. The molecule has 136 valence electrons. The number of Topliss-reactive ketones (excluding diaryl/α,β-unsaturated/α-hetero) is 1. The quantitative estimate of drug-likeness (QED) is 0.546. The zero-order chi connectivity index (χ0) is 19.2. The van der Waals surface area contributed by atoms with Crippen LogP contribution in [0.25, 0.3) is 0 Å². The Labute approximate surface area is 150 Å². The van der Waals surface area contributed by atoms with Gasteiger partial charge >= 0.3 is 12.3 Å². The van der Waals surface area contributed by atoms with E-state index in [-0.39, 0.29) is 11.5 Å². The number of ether oxygens (including phenoxy) is 1. The molecule has 0 saturated carbocycles. The summed E-state index contributed by atoms with van der Waals surface area (Å²) in [5.74, 6) is -0.935. The molecule has 1 unspecified atom stereocenters. The van der Waals surface area contributed by atoms with Gasteiger partial charge < -0.3 is 4.74 Å². The molecule has 0 spiro atoms. The summed E-state index contributed by atoms with van der Waals surface area (Å²) in [7, 11) is 0. The van der Waals surface area contributed by atoms with Gasteiger partial charge in [-0.2, -0.15) is 13.2 Å². The van der Waals surface area contributed by atoms with Crippen molar-refractivity contribution in [3.8, 4) is 0 Å². The second kappa shape index (κ2) is 6.44. The van der Waals surface area contributed by atoms with E-state index in [2.05, 4.69) is 20.7 Å². The molecule has 0 bridgehead atoms. The highest BCUT2D eigenvalue weighted by Crippen LogP contribution is 2.42. The fourth-order valence-electron chi connectivity index (χ4n) is 2.51. The maximum atomic E-state index is 12.5. The Kier molecular flexibility index (Phi) is 5.00. The van der Waals surface area contributed by atoms with E-state index < -0.39 is 35.0 Å². The predicted molar refractivity (Wildman–Crippen MR) is 87.1 cm³/mol. The molecule has 0 aromatic heterocycles. The van der Waals surface area contributed by atoms with Crippen LogP contribution in [0.3, 0.4) is 0 Å². The molecule has 9 heteroatoms. The first-order valence-corrected chi connectivity index (χ1v) is 8.18. The SMILES string of the molecule is CC(Br)C(=O)c1ccc2c(c1)C(C)(C)C(=O)N2C(=O)OCC(F)(F)F. The zero-order valence-corrected chi connectivity index (χ0v) is 15.2. The lowest BCUT2D eigenvalue weighted by Gasteiger charge is -2.19. The van der Waals surface area contributed by atoms with Gasteiger partial charge in [0.25, 0.3) is 0 Å². The van der Waals surface area contributed by atoms with Gasteiger partial charge in [0.2, 0.25) is 5.91 Å². The zero-order valence-electron chi connectivity index (χ0n) is 13.6. The highest BCUT2D eigenvalue weighted by Gasteiger charge is 2.48. The third kappa shape index (κ3) is 3.70. The molecule has 0 saturated heterocycles. The van der Waals surface area contributed by atoms with E-state index in [1.165, 1.54) is 32.0 Å². The number of imide groups is 1. The molecule has 0 N–H and O–H groups in total. The number of ketones is 1. The first kappa shape index (κ1) is 19.4. The molecular formula is C16H15BrF3NO4. The standard InChI is InChI=1S/C16H15BrF3NO4/c1-8(17)12(22)9-4-5-11-10(6-9)15(2,3)13(23)21(11)14(24)25-7-16(18,19)20/h4-6,8H,7H2,1-3H3. The van der Waals surface area contributed by atoms with Gasteiger partial charge in [0.15, 0.2) is 12.4 Å². The van der Waals surface area contributed by atoms with E-state index in [1.807, 2.05) is 0 Å². The van der Waals surface area contributed by atoms with Gasteiger partial charge in [-0.15, -0.1) is 0 Å². The van der Waals surface area contributed by atoms with Crippen LogP contribution in [0.2, 0.25) is 0 Å². The maximum Gasteiger partial charge on any atom is 0.422 e. The van der Waals surface area contributed by atoms with Crippen LogP contribution in [0.15, 0.2) is 18.2 Å². The number of halogens is 4. The average molecular weight is 422 g/mol. The molecule has 2 rings (SSSR count). The minimum absolute atomic E-state index is 0.112. The molecule has 0 radical (unpaired) electrons. The van der Waals surface area contributed by atoms with Crippen LogP contribution < -0.4 is 4.90 Å². The van der Waals surface area contributed by atoms with Gasteiger partial charge in [-0.25, -0.2) is 9.69 Å². The second-order valence-electron chi connectivity index (χ2n) is 6.15. The van der Waals surface area contributed by atoms with Crippen molar-refractivity contribution in [1.29, 1.82) is 0 Å². The van der Waals surface area contributed by atoms with Crippen molar-refractivity contribution in [2.24, 2.45) is 0 Å². The van der Waals surface area contributed by atoms with Crippen molar-refractivity contribution in [2.75, 3.05) is 11.5 Å². The van der Waals surface area contributed by atoms with Gasteiger partial charge in [0.1, 0.15) is 0 Å². The molecule has 0 aliphatic carbocycles. The molecule has 0 fully saturated rings. The van der Waals surface area contributed by atoms with E-state index >= 15 is 0 Å². The average Bonchev–Trinajstić information content (AvgIpc) is 2.70. The highest BCUT2D eigenvalue weighted by atomic mass is 79.9. The van der Waals surface area contributed by atoms with Gasteiger partial charge in [-0.05, 0) is 44.5 Å². The van der Waals surface area contributed by atoms with Crippen LogP contribution in [0.1, 0.15) is 36.7 Å². The Balaban J connectivity index is 2.41. The number of hydrogen-bond acceptors (Lipinski definition) is 4. The van der Waals surface area contributed by atoms with Gasteiger partial charge in [-0.3, -0.25) is 9.59 Å². The van der Waals surface area contributed by atoms with Crippen molar-refractivity contribution in [3.63, 3.8) is 0 Å². The lowest BCUT2D eigenvalue weighted by atomic mass is 9.85. The molecule has 1 atom stereocenters. The van der Waals surface area contributed by atoms with Crippen molar-refractivity contribution >= 4 is 39.4 Å². The number of anilines is 1. The van der Waals surface area contributed by atoms with Crippen LogP contribution in [-0.4, -0.2) is 35.4 Å². The van der Waals surface area contributed by atoms with Crippen molar-refractivity contribution in [1.82, 2.24) is 0 Å². The number of amides is 2. The van der Waals surface area contributed by atoms with E-state index in [1.54, 1.807) is 6.92 Å². The molecule has 25 heavy (non-hydrogen) atoms. The minimum Gasteiger partial charge on any atom is -0.439 e. The monoisotopic (exact) mass is 421 g/mol. The van der Waals surface area contributed by atoms with Gasteiger partial charge in [0, 0.05) is 5.56 Å². The fourth-order valence-corrected chi connectivity index (χ4v) is 2.77.